The first-order chi connectivity index (χ1) is 12.6. The molecule has 0 N–H and O–H groups in total. The van der Waals surface area contributed by atoms with Crippen LogP contribution in [0.2, 0.25) is 5.02 Å². The van der Waals surface area contributed by atoms with E-state index in [1.807, 2.05) is 28.4 Å². The van der Waals surface area contributed by atoms with Crippen molar-refractivity contribution in [3.63, 3.8) is 0 Å². The Morgan fingerprint density at radius 1 is 1.31 bits per heavy atom. The number of carbonyl (C=O) groups is 1. The van der Waals surface area contributed by atoms with Crippen LogP contribution in [0.1, 0.15) is 48.2 Å². The minimum absolute atomic E-state index is 0.288. The normalized spacial score (nSPS) is 18.0. The van der Waals surface area contributed by atoms with Crippen molar-refractivity contribution in [1.82, 2.24) is 9.80 Å². The van der Waals surface area contributed by atoms with Crippen molar-refractivity contribution in [2.45, 2.75) is 51.2 Å². The van der Waals surface area contributed by atoms with Gasteiger partial charge in [-0.25, -0.2) is 0 Å². The molecule has 4 rings (SSSR count). The highest BCUT2D eigenvalue weighted by atomic mass is 35.5. The molecule has 1 atom stereocenters. The molecule has 1 saturated carbocycles. The summed E-state index contributed by atoms with van der Waals surface area (Å²) < 4.78 is 0. The molecule has 2 heterocycles. The maximum atomic E-state index is 12.8. The summed E-state index contributed by atoms with van der Waals surface area (Å²) in [5, 5.41) is 2.91. The standard InChI is InChI=1S/C21H25ClN2OS/c1-15(16-2-4-18(22)5-3-16)24(19-6-7-19)12-9-21(25)23-11-8-20-17(14-23)10-13-26-20/h2-5,10,13,15,19H,6-9,11-12,14H2,1H3. The van der Waals surface area contributed by atoms with Gasteiger partial charge in [0.25, 0.3) is 0 Å². The number of amides is 1. The molecule has 26 heavy (non-hydrogen) atoms. The van der Waals surface area contributed by atoms with Crippen molar-refractivity contribution in [3.8, 4) is 0 Å². The Bertz CT molecular complexity index is 769. The van der Waals surface area contributed by atoms with Crippen LogP contribution in [0.15, 0.2) is 35.7 Å². The molecule has 1 aromatic heterocycles. The summed E-state index contributed by atoms with van der Waals surface area (Å²) in [7, 11) is 0. The Hall–Kier alpha value is -1.36. The molecule has 1 aliphatic carbocycles. The summed E-state index contributed by atoms with van der Waals surface area (Å²) >= 11 is 7.84. The molecule has 1 aliphatic heterocycles. The third kappa shape index (κ3) is 3.98. The van der Waals surface area contributed by atoms with Crippen molar-refractivity contribution >= 4 is 28.8 Å². The number of hydrogen-bond donors (Lipinski definition) is 0. The Morgan fingerprint density at radius 3 is 2.81 bits per heavy atom. The number of thiophene rings is 1. The number of benzene rings is 1. The fraction of sp³-hybridized carbons (Fsp3) is 0.476. The van der Waals surface area contributed by atoms with Gasteiger partial charge in [0.05, 0.1) is 0 Å². The fourth-order valence-electron chi connectivity index (χ4n) is 3.88. The monoisotopic (exact) mass is 388 g/mol. The quantitative estimate of drug-likeness (QED) is 0.702. The molecule has 5 heteroatoms. The van der Waals surface area contributed by atoms with Crippen LogP contribution in [0, 0.1) is 0 Å². The summed E-state index contributed by atoms with van der Waals surface area (Å²) in [5.41, 5.74) is 2.61. The number of rotatable bonds is 6. The van der Waals surface area contributed by atoms with Crippen LogP contribution in [0.3, 0.4) is 0 Å². The lowest BCUT2D eigenvalue weighted by Crippen LogP contribution is -2.38. The second-order valence-corrected chi connectivity index (χ2v) is 8.82. The second kappa shape index (κ2) is 7.71. The summed E-state index contributed by atoms with van der Waals surface area (Å²) in [6.45, 7) is 4.72. The van der Waals surface area contributed by atoms with Crippen molar-refractivity contribution < 1.29 is 4.79 Å². The molecule has 1 aromatic carbocycles. The summed E-state index contributed by atoms with van der Waals surface area (Å²) in [4.78, 5) is 18.8. The van der Waals surface area contributed by atoms with E-state index < -0.39 is 0 Å². The minimum Gasteiger partial charge on any atom is -0.338 e. The van der Waals surface area contributed by atoms with Gasteiger partial charge < -0.3 is 4.90 Å². The molecule has 0 bridgehead atoms. The van der Waals surface area contributed by atoms with E-state index in [-0.39, 0.29) is 5.91 Å². The van der Waals surface area contributed by atoms with Crippen molar-refractivity contribution in [2.24, 2.45) is 0 Å². The minimum atomic E-state index is 0.288. The van der Waals surface area contributed by atoms with E-state index in [0.717, 1.165) is 31.1 Å². The molecule has 2 aliphatic rings. The lowest BCUT2D eigenvalue weighted by atomic mass is 10.1. The maximum absolute atomic E-state index is 12.8. The number of carbonyl (C=O) groups excluding carboxylic acids is 1. The van der Waals surface area contributed by atoms with Crippen LogP contribution in [-0.4, -0.2) is 34.8 Å². The first-order valence-electron chi connectivity index (χ1n) is 9.46. The van der Waals surface area contributed by atoms with Crippen LogP contribution in [0.4, 0.5) is 0 Å². The lowest BCUT2D eigenvalue weighted by Gasteiger charge is -2.31. The molecule has 0 saturated heterocycles. The third-order valence-electron chi connectivity index (χ3n) is 5.61. The molecule has 1 unspecified atom stereocenters. The van der Waals surface area contributed by atoms with Gasteiger partial charge in [-0.15, -0.1) is 11.3 Å². The highest BCUT2D eigenvalue weighted by Gasteiger charge is 2.33. The smallest absolute Gasteiger partial charge is 0.224 e. The fourth-order valence-corrected chi connectivity index (χ4v) is 4.89. The maximum Gasteiger partial charge on any atom is 0.224 e. The van der Waals surface area contributed by atoms with Crippen LogP contribution < -0.4 is 0 Å². The summed E-state index contributed by atoms with van der Waals surface area (Å²) in [6.07, 6.45) is 4.10. The van der Waals surface area contributed by atoms with E-state index in [9.17, 15) is 4.79 Å². The summed E-state index contributed by atoms with van der Waals surface area (Å²) in [6, 6.07) is 11.2. The van der Waals surface area contributed by atoms with Gasteiger partial charge >= 0.3 is 0 Å². The zero-order valence-electron chi connectivity index (χ0n) is 15.2. The zero-order chi connectivity index (χ0) is 18.1. The predicted octanol–water partition coefficient (Wildman–Crippen LogP) is 4.90. The SMILES string of the molecule is CC(c1ccc(Cl)cc1)N(CCC(=O)N1CCc2sccc2C1)C1CC1. The molecule has 0 spiro atoms. The van der Waals surface area contributed by atoms with E-state index >= 15 is 0 Å². The Kier molecular flexibility index (Phi) is 5.35. The van der Waals surface area contributed by atoms with Crippen LogP contribution in [0.25, 0.3) is 0 Å². The Morgan fingerprint density at radius 2 is 2.08 bits per heavy atom. The van der Waals surface area contributed by atoms with Crippen LogP contribution in [-0.2, 0) is 17.8 Å². The highest BCUT2D eigenvalue weighted by molar-refractivity contribution is 7.10. The number of halogens is 1. The first kappa shape index (κ1) is 18.0. The topological polar surface area (TPSA) is 23.6 Å². The first-order valence-corrected chi connectivity index (χ1v) is 10.7. The van der Waals surface area contributed by atoms with E-state index in [2.05, 4.69) is 35.4 Å². The second-order valence-electron chi connectivity index (χ2n) is 7.38. The largest absolute Gasteiger partial charge is 0.338 e. The lowest BCUT2D eigenvalue weighted by molar-refractivity contribution is -0.132. The van der Waals surface area contributed by atoms with Gasteiger partial charge in [-0.2, -0.15) is 0 Å². The Labute approximate surface area is 164 Å². The molecule has 138 valence electrons. The highest BCUT2D eigenvalue weighted by Crippen LogP contribution is 2.35. The van der Waals surface area contributed by atoms with E-state index in [0.29, 0.717) is 18.5 Å². The number of hydrogen-bond acceptors (Lipinski definition) is 3. The molecule has 3 nitrogen and oxygen atoms in total. The van der Waals surface area contributed by atoms with Crippen molar-refractivity contribution in [1.29, 1.82) is 0 Å². The molecule has 0 radical (unpaired) electrons. The van der Waals surface area contributed by atoms with Gasteiger partial charge in [0.15, 0.2) is 0 Å². The van der Waals surface area contributed by atoms with Crippen molar-refractivity contribution in [3.05, 3.63) is 56.7 Å². The van der Waals surface area contributed by atoms with Gasteiger partial charge in [-0.05, 0) is 60.9 Å². The molecule has 1 amide bonds. The third-order valence-corrected chi connectivity index (χ3v) is 6.88. The van der Waals surface area contributed by atoms with Gasteiger partial charge in [-0.1, -0.05) is 23.7 Å². The average Bonchev–Trinajstić information content (AvgIpc) is 3.38. The van der Waals surface area contributed by atoms with Gasteiger partial charge in [0, 0.05) is 48.0 Å². The van der Waals surface area contributed by atoms with Gasteiger partial charge in [0.2, 0.25) is 5.91 Å². The summed E-state index contributed by atoms with van der Waals surface area (Å²) in [5.74, 6) is 0.288. The van der Waals surface area contributed by atoms with E-state index in [1.165, 1.54) is 28.8 Å². The zero-order valence-corrected chi connectivity index (χ0v) is 16.7. The predicted molar refractivity (Wildman–Crippen MR) is 108 cm³/mol. The van der Waals surface area contributed by atoms with Gasteiger partial charge in [-0.3, -0.25) is 9.69 Å². The average molecular weight is 389 g/mol. The van der Waals surface area contributed by atoms with Gasteiger partial charge in [0.1, 0.15) is 0 Å². The molecular formula is C21H25ClN2OS. The molecule has 2 aromatic rings. The van der Waals surface area contributed by atoms with Crippen LogP contribution in [0.5, 0.6) is 0 Å². The Balaban J connectivity index is 1.37. The molecular weight excluding hydrogens is 364 g/mol. The van der Waals surface area contributed by atoms with E-state index in [1.54, 1.807) is 0 Å². The van der Waals surface area contributed by atoms with E-state index in [4.69, 9.17) is 11.6 Å². The van der Waals surface area contributed by atoms with Crippen LogP contribution >= 0.6 is 22.9 Å². The molecule has 1 fully saturated rings. The number of fused-ring (bicyclic) bond motifs is 1. The van der Waals surface area contributed by atoms with Crippen molar-refractivity contribution in [2.75, 3.05) is 13.1 Å². The number of nitrogens with zero attached hydrogens (tertiary/aromatic N) is 2.